The molecule has 1 aromatic rings. The minimum absolute atomic E-state index is 0.00217. The molecule has 96 valence electrons. The lowest BCUT2D eigenvalue weighted by Gasteiger charge is -2.17. The van der Waals surface area contributed by atoms with Crippen molar-refractivity contribution in [1.82, 2.24) is 0 Å². The highest BCUT2D eigenvalue weighted by Crippen LogP contribution is 2.33. The van der Waals surface area contributed by atoms with Gasteiger partial charge in [-0.05, 0) is 25.1 Å². The van der Waals surface area contributed by atoms with Gasteiger partial charge in [0.15, 0.2) is 5.78 Å². The van der Waals surface area contributed by atoms with E-state index in [-0.39, 0.29) is 17.8 Å². The van der Waals surface area contributed by atoms with Crippen molar-refractivity contribution in [3.63, 3.8) is 0 Å². The highest BCUT2D eigenvalue weighted by atomic mass is 16.5. The van der Waals surface area contributed by atoms with Gasteiger partial charge in [-0.3, -0.25) is 9.59 Å². The Kier molecular flexibility index (Phi) is 3.36. The van der Waals surface area contributed by atoms with Crippen LogP contribution in [0.4, 0.5) is 5.69 Å². The summed E-state index contributed by atoms with van der Waals surface area (Å²) in [5.41, 5.74) is 1.29. The Morgan fingerprint density at radius 1 is 1.50 bits per heavy atom. The number of hydrogen-bond donors (Lipinski definition) is 0. The summed E-state index contributed by atoms with van der Waals surface area (Å²) in [6.07, 6.45) is 0.657. The molecule has 0 saturated heterocycles. The van der Waals surface area contributed by atoms with E-state index in [0.717, 1.165) is 0 Å². The summed E-state index contributed by atoms with van der Waals surface area (Å²) >= 11 is 0. The van der Waals surface area contributed by atoms with E-state index in [9.17, 15) is 9.59 Å². The smallest absolute Gasteiger partial charge is 0.230 e. The Bertz CT molecular complexity index is 496. The number of Topliss-reactive ketones (excluding diaryl/α,β-unsaturated/α-hetero) is 1. The third-order valence-corrected chi connectivity index (χ3v) is 3.13. The molecule has 0 N–H and O–H groups in total. The summed E-state index contributed by atoms with van der Waals surface area (Å²) in [6.45, 7) is 3.69. The molecule has 18 heavy (non-hydrogen) atoms. The Morgan fingerprint density at radius 2 is 2.22 bits per heavy atom. The number of ketones is 1. The van der Waals surface area contributed by atoms with Gasteiger partial charge in [0, 0.05) is 19.0 Å². The number of nitrogens with zero attached hydrogens (tertiary/aromatic N) is 1. The number of carbonyl (C=O) groups excluding carboxylic acids is 2. The molecule has 1 aliphatic heterocycles. The van der Waals surface area contributed by atoms with Crippen LogP contribution < -0.4 is 9.64 Å². The van der Waals surface area contributed by atoms with Gasteiger partial charge < -0.3 is 9.64 Å². The molecule has 0 radical (unpaired) electrons. The van der Waals surface area contributed by atoms with Crippen molar-refractivity contribution in [3.8, 4) is 5.75 Å². The molecule has 0 bridgehead atoms. The third kappa shape index (κ3) is 2.23. The first-order chi connectivity index (χ1) is 8.52. The van der Waals surface area contributed by atoms with Crippen LogP contribution in [-0.2, 0) is 4.79 Å². The second kappa shape index (κ2) is 4.80. The summed E-state index contributed by atoms with van der Waals surface area (Å²) in [5, 5.41) is 0. The van der Waals surface area contributed by atoms with Crippen LogP contribution in [0.2, 0.25) is 0 Å². The first kappa shape index (κ1) is 12.6. The summed E-state index contributed by atoms with van der Waals surface area (Å²) in [7, 11) is 1.71. The summed E-state index contributed by atoms with van der Waals surface area (Å²) in [6, 6.07) is 5.25. The molecule has 1 atom stereocenters. The van der Waals surface area contributed by atoms with Crippen LogP contribution in [-0.4, -0.2) is 24.8 Å². The summed E-state index contributed by atoms with van der Waals surface area (Å²) < 4.78 is 5.69. The van der Waals surface area contributed by atoms with E-state index in [1.165, 1.54) is 0 Å². The van der Waals surface area contributed by atoms with Crippen LogP contribution in [0.5, 0.6) is 5.75 Å². The number of rotatable bonds is 2. The molecule has 1 amide bonds. The quantitative estimate of drug-likeness (QED) is 0.754. The van der Waals surface area contributed by atoms with Crippen LogP contribution in [0.25, 0.3) is 0 Å². The predicted octanol–water partition coefficient (Wildman–Crippen LogP) is 2.41. The molecule has 0 aromatic heterocycles. The van der Waals surface area contributed by atoms with Gasteiger partial charge in [-0.1, -0.05) is 6.92 Å². The highest BCUT2D eigenvalue weighted by molar-refractivity contribution is 6.00. The van der Waals surface area contributed by atoms with Gasteiger partial charge in [-0.2, -0.15) is 0 Å². The lowest BCUT2D eigenvalue weighted by molar-refractivity contribution is -0.119. The molecule has 1 heterocycles. The molecular formula is C14H17NO3. The first-order valence-corrected chi connectivity index (χ1v) is 6.13. The van der Waals surface area contributed by atoms with Crippen molar-refractivity contribution >= 4 is 17.4 Å². The molecule has 0 saturated carbocycles. The van der Waals surface area contributed by atoms with Gasteiger partial charge in [-0.15, -0.1) is 0 Å². The molecule has 0 aliphatic carbocycles. The van der Waals surface area contributed by atoms with Crippen molar-refractivity contribution in [3.05, 3.63) is 23.8 Å². The van der Waals surface area contributed by atoms with E-state index in [1.54, 1.807) is 30.1 Å². The minimum Gasteiger partial charge on any atom is -0.488 e. The monoisotopic (exact) mass is 247 g/mol. The molecule has 4 nitrogen and oxygen atoms in total. The second-order valence-electron chi connectivity index (χ2n) is 4.54. The van der Waals surface area contributed by atoms with Gasteiger partial charge in [0.1, 0.15) is 11.9 Å². The molecule has 1 aliphatic rings. The third-order valence-electron chi connectivity index (χ3n) is 3.13. The number of amides is 1. The Morgan fingerprint density at radius 3 is 2.89 bits per heavy atom. The number of ether oxygens (including phenoxy) is 1. The Labute approximate surface area is 107 Å². The number of benzene rings is 1. The number of carbonyl (C=O) groups is 2. The van der Waals surface area contributed by atoms with Crippen LogP contribution in [0.3, 0.4) is 0 Å². The fraction of sp³-hybridized carbons (Fsp3) is 0.429. The van der Waals surface area contributed by atoms with Gasteiger partial charge >= 0.3 is 0 Å². The molecule has 4 heteroatoms. The predicted molar refractivity (Wildman–Crippen MR) is 69.2 cm³/mol. The Balaban J connectivity index is 2.47. The topological polar surface area (TPSA) is 46.6 Å². The molecule has 1 aromatic carbocycles. The summed E-state index contributed by atoms with van der Waals surface area (Å²) in [4.78, 5) is 25.2. The zero-order valence-electron chi connectivity index (χ0n) is 10.9. The van der Waals surface area contributed by atoms with Crippen LogP contribution in [0.15, 0.2) is 18.2 Å². The normalized spacial score (nSPS) is 18.9. The van der Waals surface area contributed by atoms with E-state index in [1.807, 2.05) is 13.8 Å². The van der Waals surface area contributed by atoms with E-state index in [0.29, 0.717) is 29.8 Å². The van der Waals surface area contributed by atoms with Crippen LogP contribution in [0.1, 0.15) is 37.0 Å². The number of hydrogen-bond acceptors (Lipinski definition) is 3. The van der Waals surface area contributed by atoms with Crippen molar-refractivity contribution in [2.75, 3.05) is 11.9 Å². The van der Waals surface area contributed by atoms with E-state index in [4.69, 9.17) is 4.74 Å². The average molecular weight is 247 g/mol. The molecule has 0 spiro atoms. The largest absolute Gasteiger partial charge is 0.488 e. The van der Waals surface area contributed by atoms with E-state index >= 15 is 0 Å². The van der Waals surface area contributed by atoms with E-state index < -0.39 is 0 Å². The van der Waals surface area contributed by atoms with Crippen molar-refractivity contribution in [2.45, 2.75) is 32.8 Å². The molecule has 0 fully saturated rings. The zero-order chi connectivity index (χ0) is 13.3. The number of anilines is 1. The van der Waals surface area contributed by atoms with Crippen molar-refractivity contribution in [1.29, 1.82) is 0 Å². The van der Waals surface area contributed by atoms with Gasteiger partial charge in [-0.25, -0.2) is 0 Å². The van der Waals surface area contributed by atoms with Gasteiger partial charge in [0.25, 0.3) is 0 Å². The average Bonchev–Trinajstić information content (AvgIpc) is 2.46. The molecule has 2 rings (SSSR count). The standard InChI is InChI=1S/C14H17NO3/c1-4-12(16)10-5-6-13-11(8-10)15(3)14(17)7-9(2)18-13/h5-6,8-9H,4,7H2,1-3H3. The van der Waals surface area contributed by atoms with Crippen LogP contribution in [0, 0.1) is 0 Å². The first-order valence-electron chi connectivity index (χ1n) is 6.13. The SMILES string of the molecule is CCC(=O)c1ccc2c(c1)N(C)C(=O)CC(C)O2. The lowest BCUT2D eigenvalue weighted by Crippen LogP contribution is -2.27. The minimum atomic E-state index is -0.145. The fourth-order valence-electron chi connectivity index (χ4n) is 2.03. The zero-order valence-corrected chi connectivity index (χ0v) is 10.9. The van der Waals surface area contributed by atoms with Crippen molar-refractivity contribution in [2.24, 2.45) is 0 Å². The fourth-order valence-corrected chi connectivity index (χ4v) is 2.03. The van der Waals surface area contributed by atoms with Crippen molar-refractivity contribution < 1.29 is 14.3 Å². The lowest BCUT2D eigenvalue weighted by atomic mass is 10.1. The Hall–Kier alpha value is -1.84. The highest BCUT2D eigenvalue weighted by Gasteiger charge is 2.24. The summed E-state index contributed by atoms with van der Waals surface area (Å²) in [5.74, 6) is 0.724. The van der Waals surface area contributed by atoms with Gasteiger partial charge in [0.2, 0.25) is 5.91 Å². The maximum absolute atomic E-state index is 11.9. The molecule has 1 unspecified atom stereocenters. The second-order valence-corrected chi connectivity index (χ2v) is 4.54. The number of fused-ring (bicyclic) bond motifs is 1. The maximum Gasteiger partial charge on any atom is 0.230 e. The van der Waals surface area contributed by atoms with E-state index in [2.05, 4.69) is 0 Å². The van der Waals surface area contributed by atoms with Gasteiger partial charge in [0.05, 0.1) is 12.1 Å². The van der Waals surface area contributed by atoms with Crippen LogP contribution >= 0.6 is 0 Å². The molecular weight excluding hydrogens is 230 g/mol. The maximum atomic E-state index is 11.9.